The summed E-state index contributed by atoms with van der Waals surface area (Å²) >= 11 is 9.45. The Labute approximate surface area is 169 Å². The minimum Gasteiger partial charge on any atom is -0.497 e. The Morgan fingerprint density at radius 1 is 1.22 bits per heavy atom. The average Bonchev–Trinajstić information content (AvgIpc) is 3.04. The first-order valence-corrected chi connectivity index (χ1v) is 9.42. The molecule has 2 N–H and O–H groups in total. The van der Waals surface area contributed by atoms with Gasteiger partial charge < -0.3 is 14.6 Å². The van der Waals surface area contributed by atoms with Crippen molar-refractivity contribution >= 4 is 36.3 Å². The summed E-state index contributed by atoms with van der Waals surface area (Å²) in [6.45, 7) is 3.89. The van der Waals surface area contributed by atoms with Gasteiger partial charge in [-0.2, -0.15) is 25.3 Å². The number of nitrogens with one attached hydrogen (secondary N) is 1. The lowest BCUT2D eigenvalue weighted by Crippen LogP contribution is -2.43. The fraction of sp³-hybridized carbons (Fsp3) is 0.368. The molecule has 0 radical (unpaired) electrons. The van der Waals surface area contributed by atoms with Gasteiger partial charge in [0.1, 0.15) is 26.8 Å². The SMILES string of the molecule is COc1ccc2nc(-[n+]3cc(C)c(OC)c(C)c3C(S)(S)CCO)[nH]c2c1. The van der Waals surface area contributed by atoms with Crippen LogP contribution in [0, 0.1) is 13.8 Å². The number of aromatic nitrogens is 3. The van der Waals surface area contributed by atoms with Crippen molar-refractivity contribution in [2.24, 2.45) is 0 Å². The highest BCUT2D eigenvalue weighted by atomic mass is 32.2. The predicted molar refractivity (Wildman–Crippen MR) is 112 cm³/mol. The summed E-state index contributed by atoms with van der Waals surface area (Å²) in [5, 5.41) is 9.49. The Kier molecular flexibility index (Phi) is 5.60. The number of aliphatic hydroxyl groups excluding tert-OH is 1. The molecule has 8 heteroatoms. The first-order chi connectivity index (χ1) is 12.8. The second-order valence-corrected chi connectivity index (χ2v) is 8.30. The van der Waals surface area contributed by atoms with Crippen LogP contribution >= 0.6 is 25.3 Å². The molecule has 1 aromatic carbocycles. The maximum Gasteiger partial charge on any atom is 0.402 e. The molecule has 144 valence electrons. The number of aryl methyl sites for hydroxylation is 1. The van der Waals surface area contributed by atoms with Crippen LogP contribution in [0.1, 0.15) is 23.2 Å². The van der Waals surface area contributed by atoms with Crippen LogP contribution < -0.4 is 14.0 Å². The molecule has 2 heterocycles. The van der Waals surface area contributed by atoms with E-state index < -0.39 is 4.08 Å². The Balaban J connectivity index is 2.28. The normalized spacial score (nSPS) is 11.8. The third kappa shape index (κ3) is 3.61. The molecule has 2 aromatic heterocycles. The number of nitrogens with zero attached hydrogens (tertiary/aromatic N) is 2. The number of rotatable bonds is 6. The van der Waals surface area contributed by atoms with E-state index >= 15 is 0 Å². The number of ether oxygens (including phenoxy) is 2. The molecule has 3 aromatic rings. The molecule has 3 rings (SSSR count). The number of aliphatic hydroxyl groups is 1. The molecule has 0 amide bonds. The van der Waals surface area contributed by atoms with Crippen molar-refractivity contribution in [3.05, 3.63) is 41.2 Å². The van der Waals surface area contributed by atoms with E-state index in [4.69, 9.17) is 39.7 Å². The molecule has 0 bridgehead atoms. The summed E-state index contributed by atoms with van der Waals surface area (Å²) in [5.74, 6) is 2.15. The fourth-order valence-corrected chi connectivity index (χ4v) is 4.12. The van der Waals surface area contributed by atoms with E-state index in [-0.39, 0.29) is 6.61 Å². The van der Waals surface area contributed by atoms with Gasteiger partial charge in [0.2, 0.25) is 0 Å². The topological polar surface area (TPSA) is 71.2 Å². The second kappa shape index (κ2) is 7.61. The molecule has 0 saturated heterocycles. The second-order valence-electron chi connectivity index (χ2n) is 6.42. The highest BCUT2D eigenvalue weighted by Crippen LogP contribution is 2.39. The van der Waals surface area contributed by atoms with Crippen molar-refractivity contribution in [3.8, 4) is 17.4 Å². The van der Waals surface area contributed by atoms with Crippen LogP contribution in [0.2, 0.25) is 0 Å². The maximum atomic E-state index is 9.49. The first kappa shape index (κ1) is 19.9. The van der Waals surface area contributed by atoms with Crippen molar-refractivity contribution < 1.29 is 19.1 Å². The Morgan fingerprint density at radius 2 is 1.96 bits per heavy atom. The molecule has 27 heavy (non-hydrogen) atoms. The quantitative estimate of drug-likeness (QED) is 0.289. The first-order valence-electron chi connectivity index (χ1n) is 8.52. The summed E-state index contributed by atoms with van der Waals surface area (Å²) < 4.78 is 11.9. The highest BCUT2D eigenvalue weighted by molar-refractivity contribution is 7.99. The zero-order chi connectivity index (χ0) is 19.8. The van der Waals surface area contributed by atoms with Crippen LogP contribution in [0.3, 0.4) is 0 Å². The van der Waals surface area contributed by atoms with Gasteiger partial charge in [-0.25, -0.2) is 9.55 Å². The molecular formula is C19H24N3O3S2+. The number of thiol groups is 2. The van der Waals surface area contributed by atoms with Crippen LogP contribution in [0.5, 0.6) is 11.5 Å². The van der Waals surface area contributed by atoms with E-state index in [1.165, 1.54) is 0 Å². The van der Waals surface area contributed by atoms with Gasteiger partial charge in [-0.1, -0.05) is 4.98 Å². The lowest BCUT2D eigenvalue weighted by molar-refractivity contribution is -0.613. The van der Waals surface area contributed by atoms with Crippen LogP contribution in [-0.4, -0.2) is 35.9 Å². The van der Waals surface area contributed by atoms with Crippen molar-refractivity contribution in [1.29, 1.82) is 0 Å². The minimum absolute atomic E-state index is 0.0417. The van der Waals surface area contributed by atoms with Gasteiger partial charge in [-0.3, -0.25) is 0 Å². The minimum atomic E-state index is -0.878. The predicted octanol–water partition coefficient (Wildman–Crippen LogP) is 2.87. The molecule has 0 spiro atoms. The Bertz CT molecular complexity index is 986. The molecule has 6 nitrogen and oxygen atoms in total. The number of hydrogen-bond acceptors (Lipinski definition) is 6. The summed E-state index contributed by atoms with van der Waals surface area (Å²) in [7, 11) is 3.27. The summed E-state index contributed by atoms with van der Waals surface area (Å²) in [6.07, 6.45) is 2.30. The van der Waals surface area contributed by atoms with E-state index in [1.54, 1.807) is 14.2 Å². The Hall–Kier alpha value is -1.90. The van der Waals surface area contributed by atoms with Crippen molar-refractivity contribution in [2.75, 3.05) is 20.8 Å². The summed E-state index contributed by atoms with van der Waals surface area (Å²) in [4.78, 5) is 8.04. The highest BCUT2D eigenvalue weighted by Gasteiger charge is 2.34. The molecule has 0 fully saturated rings. The summed E-state index contributed by atoms with van der Waals surface area (Å²) in [6, 6.07) is 5.67. The molecule has 0 aliphatic heterocycles. The van der Waals surface area contributed by atoms with Crippen LogP contribution in [0.15, 0.2) is 24.4 Å². The number of hydrogen-bond donors (Lipinski definition) is 4. The lowest BCUT2D eigenvalue weighted by Gasteiger charge is -2.26. The van der Waals surface area contributed by atoms with Gasteiger partial charge in [0, 0.05) is 30.2 Å². The number of H-pyrrole nitrogens is 1. The third-order valence-corrected chi connectivity index (χ3v) is 5.44. The largest absolute Gasteiger partial charge is 0.497 e. The molecular weight excluding hydrogens is 382 g/mol. The van der Waals surface area contributed by atoms with E-state index in [0.29, 0.717) is 12.4 Å². The van der Waals surface area contributed by atoms with Gasteiger partial charge in [-0.05, 0) is 26.0 Å². The van der Waals surface area contributed by atoms with Crippen LogP contribution in [0.25, 0.3) is 17.0 Å². The zero-order valence-electron chi connectivity index (χ0n) is 15.8. The molecule has 0 saturated carbocycles. The van der Waals surface area contributed by atoms with Crippen molar-refractivity contribution in [1.82, 2.24) is 9.97 Å². The number of aromatic amines is 1. The van der Waals surface area contributed by atoms with E-state index in [0.717, 1.165) is 39.4 Å². The van der Waals surface area contributed by atoms with Gasteiger partial charge >= 0.3 is 5.95 Å². The Morgan fingerprint density at radius 3 is 2.59 bits per heavy atom. The van der Waals surface area contributed by atoms with Crippen LogP contribution in [-0.2, 0) is 4.08 Å². The zero-order valence-corrected chi connectivity index (χ0v) is 17.6. The van der Waals surface area contributed by atoms with E-state index in [9.17, 15) is 5.11 Å². The van der Waals surface area contributed by atoms with Gasteiger partial charge in [0.15, 0.2) is 5.52 Å². The summed E-state index contributed by atoms with van der Waals surface area (Å²) in [5.41, 5.74) is 4.32. The van der Waals surface area contributed by atoms with Crippen molar-refractivity contribution in [2.45, 2.75) is 24.3 Å². The molecule has 0 aliphatic carbocycles. The fourth-order valence-electron chi connectivity index (χ4n) is 3.37. The molecule has 0 unspecified atom stereocenters. The van der Waals surface area contributed by atoms with Gasteiger partial charge in [-0.15, -0.1) is 0 Å². The lowest BCUT2D eigenvalue weighted by atomic mass is 10.1. The maximum absolute atomic E-state index is 9.49. The smallest absolute Gasteiger partial charge is 0.402 e. The average molecular weight is 407 g/mol. The van der Waals surface area contributed by atoms with Crippen LogP contribution in [0.4, 0.5) is 0 Å². The molecule has 0 atom stereocenters. The van der Waals surface area contributed by atoms with Gasteiger partial charge in [0.05, 0.1) is 20.4 Å². The monoisotopic (exact) mass is 406 g/mol. The van der Waals surface area contributed by atoms with E-state index in [2.05, 4.69) is 4.98 Å². The number of imidazole rings is 1. The van der Waals surface area contributed by atoms with E-state index in [1.807, 2.05) is 42.8 Å². The standard InChI is InChI=1S/C19H23N3O3S2/c1-11-10-22(17(12(2)16(11)25-4)19(26,27)7-8-23)18-20-14-6-5-13(24-3)9-15(14)21-18/h5-6,9-10,23H,7-8H2,1-4H3,(H2-,20,21,26,27)/p+1. The van der Waals surface area contributed by atoms with Crippen molar-refractivity contribution in [3.63, 3.8) is 0 Å². The number of pyridine rings is 1. The number of benzene rings is 1. The number of methoxy groups -OCH3 is 2. The van der Waals surface area contributed by atoms with Gasteiger partial charge in [0.25, 0.3) is 0 Å². The number of fused-ring (bicyclic) bond motifs is 1. The molecule has 0 aliphatic rings. The third-order valence-electron chi connectivity index (χ3n) is 4.57.